The van der Waals surface area contributed by atoms with Crippen LogP contribution in [0.25, 0.3) is 0 Å². The van der Waals surface area contributed by atoms with Gasteiger partial charge in [0.15, 0.2) is 0 Å². The zero-order valence-corrected chi connectivity index (χ0v) is 12.3. The van der Waals surface area contributed by atoms with Crippen molar-refractivity contribution in [3.05, 3.63) is 59.2 Å². The van der Waals surface area contributed by atoms with Crippen LogP contribution in [0, 0.1) is 0 Å². The molecule has 4 nitrogen and oxygen atoms in total. The molecule has 0 aliphatic rings. The Balaban J connectivity index is 2.09. The van der Waals surface area contributed by atoms with Crippen molar-refractivity contribution in [1.82, 2.24) is 5.32 Å². The summed E-state index contributed by atoms with van der Waals surface area (Å²) in [6.45, 7) is 3.11. The molecule has 0 fully saturated rings. The highest BCUT2D eigenvalue weighted by Gasteiger charge is 2.14. The maximum absolute atomic E-state index is 9.88. The third-order valence-corrected chi connectivity index (χ3v) is 3.51. The summed E-state index contributed by atoms with van der Waals surface area (Å²) in [4.78, 5) is 0. The Labute approximate surface area is 125 Å². The SMILES string of the molecule is COCc1ccccc1CNC(C)c1c(O)cccc1O. The third-order valence-electron chi connectivity index (χ3n) is 3.51. The normalized spacial score (nSPS) is 12.3. The van der Waals surface area contributed by atoms with E-state index in [2.05, 4.69) is 5.32 Å². The van der Waals surface area contributed by atoms with Crippen LogP contribution in [0.5, 0.6) is 11.5 Å². The summed E-state index contributed by atoms with van der Waals surface area (Å²) in [5, 5.41) is 23.1. The fourth-order valence-corrected chi connectivity index (χ4v) is 2.38. The first-order chi connectivity index (χ1) is 10.1. The Hall–Kier alpha value is -2.04. The highest BCUT2D eigenvalue weighted by molar-refractivity contribution is 5.45. The molecule has 0 aromatic heterocycles. The number of methoxy groups -OCH3 is 1. The van der Waals surface area contributed by atoms with Crippen LogP contribution in [0.1, 0.15) is 29.7 Å². The van der Waals surface area contributed by atoms with Gasteiger partial charge >= 0.3 is 0 Å². The summed E-state index contributed by atoms with van der Waals surface area (Å²) in [6.07, 6.45) is 0. The minimum atomic E-state index is -0.165. The molecule has 2 aromatic rings. The summed E-state index contributed by atoms with van der Waals surface area (Å²) >= 11 is 0. The summed E-state index contributed by atoms with van der Waals surface area (Å²) in [5.74, 6) is 0.195. The van der Waals surface area contributed by atoms with Gasteiger partial charge < -0.3 is 20.3 Å². The molecule has 0 radical (unpaired) electrons. The molecule has 0 aliphatic heterocycles. The maximum Gasteiger partial charge on any atom is 0.124 e. The lowest BCUT2D eigenvalue weighted by Crippen LogP contribution is -2.19. The van der Waals surface area contributed by atoms with E-state index in [0.29, 0.717) is 18.7 Å². The Kier molecular flexibility index (Phi) is 5.20. The molecule has 2 rings (SSSR count). The lowest BCUT2D eigenvalue weighted by Gasteiger charge is -2.18. The first-order valence-corrected chi connectivity index (χ1v) is 6.93. The van der Waals surface area contributed by atoms with Gasteiger partial charge in [0.1, 0.15) is 11.5 Å². The summed E-state index contributed by atoms with van der Waals surface area (Å²) in [6, 6.07) is 12.6. The summed E-state index contributed by atoms with van der Waals surface area (Å²) in [7, 11) is 1.67. The van der Waals surface area contributed by atoms with Gasteiger partial charge in [0.25, 0.3) is 0 Å². The molecule has 0 heterocycles. The molecule has 21 heavy (non-hydrogen) atoms. The van der Waals surface area contributed by atoms with E-state index in [4.69, 9.17) is 4.74 Å². The van der Waals surface area contributed by atoms with E-state index in [1.807, 2.05) is 31.2 Å². The van der Waals surface area contributed by atoms with Crippen molar-refractivity contribution >= 4 is 0 Å². The van der Waals surface area contributed by atoms with E-state index in [1.165, 1.54) is 0 Å². The molecule has 0 bridgehead atoms. The number of hydrogen-bond donors (Lipinski definition) is 3. The average Bonchev–Trinajstić information content (AvgIpc) is 2.46. The summed E-state index contributed by atoms with van der Waals surface area (Å²) < 4.78 is 5.19. The number of nitrogens with one attached hydrogen (secondary N) is 1. The van der Waals surface area contributed by atoms with Crippen molar-refractivity contribution < 1.29 is 14.9 Å². The van der Waals surface area contributed by atoms with Crippen LogP contribution in [-0.2, 0) is 17.9 Å². The van der Waals surface area contributed by atoms with Crippen LogP contribution in [0.2, 0.25) is 0 Å². The van der Waals surface area contributed by atoms with Gasteiger partial charge in [0, 0.05) is 19.7 Å². The average molecular weight is 287 g/mol. The second-order valence-corrected chi connectivity index (χ2v) is 5.01. The topological polar surface area (TPSA) is 61.7 Å². The minimum absolute atomic E-state index is 0.0974. The first-order valence-electron chi connectivity index (χ1n) is 6.93. The van der Waals surface area contributed by atoms with E-state index >= 15 is 0 Å². The number of phenols is 2. The molecule has 0 amide bonds. The van der Waals surface area contributed by atoms with Crippen LogP contribution in [0.4, 0.5) is 0 Å². The van der Waals surface area contributed by atoms with Gasteiger partial charge in [-0.15, -0.1) is 0 Å². The predicted molar refractivity (Wildman–Crippen MR) is 82.2 cm³/mol. The third kappa shape index (κ3) is 3.74. The van der Waals surface area contributed by atoms with E-state index < -0.39 is 0 Å². The van der Waals surface area contributed by atoms with E-state index in [0.717, 1.165) is 11.1 Å². The first kappa shape index (κ1) is 15.4. The second kappa shape index (κ2) is 7.11. The standard InChI is InChI=1S/C17H21NO3/c1-12(17-15(19)8-5-9-16(17)20)18-10-13-6-3-4-7-14(13)11-21-2/h3-9,12,18-20H,10-11H2,1-2H3. The fraction of sp³-hybridized carbons (Fsp3) is 0.294. The van der Waals surface area contributed by atoms with Gasteiger partial charge in [0.05, 0.1) is 12.2 Å². The Morgan fingerprint density at radius 1 is 1.00 bits per heavy atom. The molecule has 0 spiro atoms. The Morgan fingerprint density at radius 2 is 1.62 bits per heavy atom. The van der Waals surface area contributed by atoms with E-state index in [-0.39, 0.29) is 17.5 Å². The number of aromatic hydroxyl groups is 2. The van der Waals surface area contributed by atoms with Gasteiger partial charge in [-0.25, -0.2) is 0 Å². The largest absolute Gasteiger partial charge is 0.507 e. The summed E-state index contributed by atoms with van der Waals surface area (Å²) in [5.41, 5.74) is 2.78. The zero-order valence-electron chi connectivity index (χ0n) is 12.3. The van der Waals surface area contributed by atoms with Crippen molar-refractivity contribution in [3.8, 4) is 11.5 Å². The van der Waals surface area contributed by atoms with Crippen LogP contribution in [-0.4, -0.2) is 17.3 Å². The van der Waals surface area contributed by atoms with Crippen LogP contribution in [0.15, 0.2) is 42.5 Å². The molecule has 1 atom stereocenters. The van der Waals surface area contributed by atoms with Crippen molar-refractivity contribution in [2.75, 3.05) is 7.11 Å². The van der Waals surface area contributed by atoms with Gasteiger partial charge in [-0.1, -0.05) is 30.3 Å². The molecule has 4 heteroatoms. The van der Waals surface area contributed by atoms with Crippen molar-refractivity contribution in [3.63, 3.8) is 0 Å². The zero-order chi connectivity index (χ0) is 15.2. The smallest absolute Gasteiger partial charge is 0.124 e. The second-order valence-electron chi connectivity index (χ2n) is 5.01. The van der Waals surface area contributed by atoms with Crippen LogP contribution < -0.4 is 5.32 Å². The van der Waals surface area contributed by atoms with Gasteiger partial charge in [-0.2, -0.15) is 0 Å². The monoisotopic (exact) mass is 287 g/mol. The molecule has 3 N–H and O–H groups in total. The highest BCUT2D eigenvalue weighted by atomic mass is 16.5. The van der Waals surface area contributed by atoms with Crippen LogP contribution >= 0.6 is 0 Å². The number of rotatable bonds is 6. The quantitative estimate of drug-likeness (QED) is 0.764. The number of phenolic OH excluding ortho intramolecular Hbond substituents is 2. The van der Waals surface area contributed by atoms with Gasteiger partial charge in [-0.3, -0.25) is 0 Å². The highest BCUT2D eigenvalue weighted by Crippen LogP contribution is 2.32. The van der Waals surface area contributed by atoms with Crippen molar-refractivity contribution in [1.29, 1.82) is 0 Å². The lowest BCUT2D eigenvalue weighted by atomic mass is 10.0. The fourth-order valence-electron chi connectivity index (χ4n) is 2.38. The maximum atomic E-state index is 9.88. The molecule has 0 aliphatic carbocycles. The molecule has 0 saturated carbocycles. The molecular formula is C17H21NO3. The van der Waals surface area contributed by atoms with Gasteiger partial charge in [0.2, 0.25) is 0 Å². The van der Waals surface area contributed by atoms with E-state index in [9.17, 15) is 10.2 Å². The Bertz CT molecular complexity index is 578. The van der Waals surface area contributed by atoms with Crippen molar-refractivity contribution in [2.45, 2.75) is 26.1 Å². The van der Waals surface area contributed by atoms with Crippen molar-refractivity contribution in [2.24, 2.45) is 0 Å². The van der Waals surface area contributed by atoms with Crippen LogP contribution in [0.3, 0.4) is 0 Å². The molecule has 112 valence electrons. The number of hydrogen-bond acceptors (Lipinski definition) is 4. The number of ether oxygens (including phenoxy) is 1. The molecule has 2 aromatic carbocycles. The molecule has 1 unspecified atom stereocenters. The molecular weight excluding hydrogens is 266 g/mol. The molecule has 0 saturated heterocycles. The lowest BCUT2D eigenvalue weighted by molar-refractivity contribution is 0.184. The van der Waals surface area contributed by atoms with E-state index in [1.54, 1.807) is 25.3 Å². The minimum Gasteiger partial charge on any atom is -0.507 e. The van der Waals surface area contributed by atoms with Gasteiger partial charge in [-0.05, 0) is 30.2 Å². The predicted octanol–water partition coefficient (Wildman–Crippen LogP) is 3.10. The number of benzene rings is 2. The Morgan fingerprint density at radius 3 is 2.24 bits per heavy atom.